The molecule has 10 heteroatoms. The van der Waals surface area contributed by atoms with Crippen molar-refractivity contribution >= 4 is 10.8 Å². The first-order valence-corrected chi connectivity index (χ1v) is 11.3. The molecule has 0 aliphatic carbocycles. The van der Waals surface area contributed by atoms with Crippen LogP contribution in [0.3, 0.4) is 0 Å². The van der Waals surface area contributed by atoms with Gasteiger partial charge in [0.15, 0.2) is 6.10 Å². The quantitative estimate of drug-likeness (QED) is 0.417. The number of hydrogen-bond donors (Lipinski definition) is 2. The summed E-state index contributed by atoms with van der Waals surface area (Å²) in [7, 11) is 1.57. The number of aliphatic hydroxyl groups excluding tert-OH is 1. The standard InChI is InChI=1S/C25H28F3N5O2/c1-13(2)9-20-19-12-33(11-18-14(3)29-30-15(18)4)22(21(19)24(35)32(5)31-20)16-7-6-8-17(10-16)23(34)25(26,27)28/h6-8,10,12-13,23,34H,9,11H2,1-5H3,(H,29,30). The third-order valence-corrected chi connectivity index (χ3v) is 6.16. The Balaban J connectivity index is 2.03. The molecule has 0 amide bonds. The molecule has 2 N–H and O–H groups in total. The van der Waals surface area contributed by atoms with Crippen molar-refractivity contribution in [2.24, 2.45) is 13.0 Å². The summed E-state index contributed by atoms with van der Waals surface area (Å²) in [4.78, 5) is 13.3. The van der Waals surface area contributed by atoms with E-state index in [1.165, 1.54) is 22.9 Å². The molecule has 0 bridgehead atoms. The number of aliphatic hydroxyl groups is 1. The lowest BCUT2D eigenvalue weighted by atomic mass is 10.0. The summed E-state index contributed by atoms with van der Waals surface area (Å²) in [6, 6.07) is 5.62. The van der Waals surface area contributed by atoms with Crippen molar-refractivity contribution in [3.63, 3.8) is 0 Å². The van der Waals surface area contributed by atoms with Gasteiger partial charge in [-0.05, 0) is 43.4 Å². The van der Waals surface area contributed by atoms with Crippen molar-refractivity contribution in [2.75, 3.05) is 0 Å². The van der Waals surface area contributed by atoms with E-state index >= 15 is 0 Å². The first-order valence-electron chi connectivity index (χ1n) is 11.3. The first-order chi connectivity index (χ1) is 16.4. The summed E-state index contributed by atoms with van der Waals surface area (Å²) in [5, 5.41) is 22.6. The maximum Gasteiger partial charge on any atom is 0.418 e. The maximum atomic E-state index is 13.3. The van der Waals surface area contributed by atoms with Gasteiger partial charge in [0.1, 0.15) is 0 Å². The highest BCUT2D eigenvalue weighted by atomic mass is 19.4. The SMILES string of the molecule is Cc1n[nH]c(C)c1Cn1cc2c(CC(C)C)nn(C)c(=O)c2c1-c1cccc(C(O)C(F)(F)F)c1. The Hall–Kier alpha value is -3.40. The van der Waals surface area contributed by atoms with Gasteiger partial charge in [0.05, 0.1) is 29.0 Å². The number of aromatic amines is 1. The highest BCUT2D eigenvalue weighted by Gasteiger charge is 2.39. The van der Waals surface area contributed by atoms with E-state index in [2.05, 4.69) is 29.1 Å². The van der Waals surface area contributed by atoms with Crippen LogP contribution in [0.2, 0.25) is 0 Å². The van der Waals surface area contributed by atoms with Gasteiger partial charge in [-0.3, -0.25) is 9.89 Å². The van der Waals surface area contributed by atoms with E-state index in [4.69, 9.17) is 0 Å². The maximum absolute atomic E-state index is 13.3. The van der Waals surface area contributed by atoms with E-state index in [1.54, 1.807) is 13.1 Å². The van der Waals surface area contributed by atoms with E-state index in [9.17, 15) is 23.1 Å². The van der Waals surface area contributed by atoms with Crippen molar-refractivity contribution in [1.82, 2.24) is 24.5 Å². The molecule has 0 radical (unpaired) electrons. The number of H-pyrrole nitrogens is 1. The molecule has 3 heterocycles. The second kappa shape index (κ2) is 8.99. The normalized spacial score (nSPS) is 13.2. The van der Waals surface area contributed by atoms with Gasteiger partial charge in [0.2, 0.25) is 0 Å². The van der Waals surface area contributed by atoms with Crippen LogP contribution in [-0.2, 0) is 20.0 Å². The Morgan fingerprint density at radius 1 is 1.20 bits per heavy atom. The minimum atomic E-state index is -4.81. The zero-order valence-corrected chi connectivity index (χ0v) is 20.2. The summed E-state index contributed by atoms with van der Waals surface area (Å²) < 4.78 is 42.9. The molecule has 0 saturated carbocycles. The summed E-state index contributed by atoms with van der Waals surface area (Å²) in [5.41, 5.74) is 3.56. The van der Waals surface area contributed by atoms with Crippen LogP contribution in [0.15, 0.2) is 35.3 Å². The zero-order valence-electron chi connectivity index (χ0n) is 20.2. The molecule has 0 aliphatic heterocycles. The minimum Gasteiger partial charge on any atom is -0.379 e. The van der Waals surface area contributed by atoms with Gasteiger partial charge < -0.3 is 9.67 Å². The zero-order chi connectivity index (χ0) is 25.7. The molecule has 1 aromatic carbocycles. The number of rotatable bonds is 6. The van der Waals surface area contributed by atoms with Gasteiger partial charge in [-0.25, -0.2) is 4.68 Å². The van der Waals surface area contributed by atoms with E-state index in [-0.39, 0.29) is 17.0 Å². The molecule has 0 aliphatic rings. The summed E-state index contributed by atoms with van der Waals surface area (Å²) in [6.45, 7) is 8.22. The smallest absolute Gasteiger partial charge is 0.379 e. The van der Waals surface area contributed by atoms with Gasteiger partial charge in [0, 0.05) is 29.9 Å². The number of alkyl halides is 3. The second-order valence-electron chi connectivity index (χ2n) is 9.35. The van der Waals surface area contributed by atoms with Crippen molar-refractivity contribution in [3.05, 3.63) is 69.0 Å². The Kier molecular flexibility index (Phi) is 6.35. The number of aromatic nitrogens is 5. The Bertz CT molecular complexity index is 1430. The largest absolute Gasteiger partial charge is 0.418 e. The molecule has 1 unspecified atom stereocenters. The first kappa shape index (κ1) is 24.7. The van der Waals surface area contributed by atoms with Crippen molar-refractivity contribution in [3.8, 4) is 11.3 Å². The van der Waals surface area contributed by atoms with Gasteiger partial charge in [-0.15, -0.1) is 0 Å². The average molecular weight is 488 g/mol. The van der Waals surface area contributed by atoms with Crippen LogP contribution >= 0.6 is 0 Å². The van der Waals surface area contributed by atoms with Crippen LogP contribution in [0.4, 0.5) is 13.2 Å². The fraction of sp³-hybridized carbons (Fsp3) is 0.400. The molecular formula is C25H28F3N5O2. The molecule has 0 fully saturated rings. The summed E-state index contributed by atoms with van der Waals surface area (Å²) in [5.74, 6) is 0.277. The lowest BCUT2D eigenvalue weighted by Crippen LogP contribution is -2.22. The van der Waals surface area contributed by atoms with Gasteiger partial charge in [0.25, 0.3) is 5.56 Å². The van der Waals surface area contributed by atoms with Gasteiger partial charge >= 0.3 is 6.18 Å². The van der Waals surface area contributed by atoms with Crippen LogP contribution in [0.25, 0.3) is 22.0 Å². The van der Waals surface area contributed by atoms with Crippen molar-refractivity contribution in [2.45, 2.75) is 52.9 Å². The molecule has 4 rings (SSSR count). The molecule has 7 nitrogen and oxygen atoms in total. The van der Waals surface area contributed by atoms with E-state index in [0.717, 1.165) is 22.6 Å². The third kappa shape index (κ3) is 4.62. The predicted molar refractivity (Wildman–Crippen MR) is 127 cm³/mol. The van der Waals surface area contributed by atoms with Gasteiger partial charge in [-0.1, -0.05) is 32.0 Å². The topological polar surface area (TPSA) is 88.7 Å². The van der Waals surface area contributed by atoms with Crippen molar-refractivity contribution in [1.29, 1.82) is 0 Å². The average Bonchev–Trinajstić information content (AvgIpc) is 3.31. The molecule has 3 aromatic heterocycles. The second-order valence-corrected chi connectivity index (χ2v) is 9.35. The molecule has 35 heavy (non-hydrogen) atoms. The minimum absolute atomic E-state index is 0.277. The van der Waals surface area contributed by atoms with Crippen LogP contribution in [-0.4, -0.2) is 35.8 Å². The Morgan fingerprint density at radius 2 is 1.91 bits per heavy atom. The molecule has 4 aromatic rings. The van der Waals surface area contributed by atoms with Crippen LogP contribution in [0.5, 0.6) is 0 Å². The van der Waals surface area contributed by atoms with E-state index in [0.29, 0.717) is 35.0 Å². The fourth-order valence-electron chi connectivity index (χ4n) is 4.43. The molecule has 0 saturated heterocycles. The lowest BCUT2D eigenvalue weighted by Gasteiger charge is -2.16. The number of aryl methyl sites for hydroxylation is 3. The van der Waals surface area contributed by atoms with Crippen molar-refractivity contribution < 1.29 is 18.3 Å². The van der Waals surface area contributed by atoms with Crippen LogP contribution < -0.4 is 5.56 Å². The number of hydrogen-bond acceptors (Lipinski definition) is 4. The number of nitrogens with zero attached hydrogens (tertiary/aromatic N) is 4. The molecule has 1 atom stereocenters. The summed E-state index contributed by atoms with van der Waals surface area (Å²) >= 11 is 0. The number of benzene rings is 1. The summed E-state index contributed by atoms with van der Waals surface area (Å²) in [6.07, 6.45) is -4.96. The monoisotopic (exact) mass is 487 g/mol. The van der Waals surface area contributed by atoms with Gasteiger partial charge in [-0.2, -0.15) is 23.4 Å². The molecule has 0 spiro atoms. The molecule has 186 valence electrons. The number of fused-ring (bicyclic) bond motifs is 1. The predicted octanol–water partition coefficient (Wildman–Crippen LogP) is 4.58. The third-order valence-electron chi connectivity index (χ3n) is 6.16. The Labute approximate surface area is 200 Å². The van der Waals surface area contributed by atoms with Crippen LogP contribution in [0, 0.1) is 19.8 Å². The van der Waals surface area contributed by atoms with E-state index in [1.807, 2.05) is 24.6 Å². The lowest BCUT2D eigenvalue weighted by molar-refractivity contribution is -0.206. The highest BCUT2D eigenvalue weighted by Crippen LogP contribution is 2.36. The molecular weight excluding hydrogens is 459 g/mol. The number of halogens is 3. The Morgan fingerprint density at radius 3 is 2.51 bits per heavy atom. The highest BCUT2D eigenvalue weighted by molar-refractivity contribution is 5.97. The fourth-order valence-corrected chi connectivity index (χ4v) is 4.43. The van der Waals surface area contributed by atoms with Crippen LogP contribution in [0.1, 0.15) is 48.2 Å². The van der Waals surface area contributed by atoms with E-state index < -0.39 is 12.3 Å². The number of nitrogens with one attached hydrogen (secondary N) is 1.